The Morgan fingerprint density at radius 3 is 2.43 bits per heavy atom. The maximum absolute atomic E-state index is 12.0. The predicted octanol–water partition coefficient (Wildman–Crippen LogP) is 0.455. The number of urea groups is 1. The summed E-state index contributed by atoms with van der Waals surface area (Å²) >= 11 is 0. The van der Waals surface area contributed by atoms with E-state index in [9.17, 15) is 9.59 Å². The van der Waals surface area contributed by atoms with E-state index in [1.165, 1.54) is 26.3 Å². The lowest BCUT2D eigenvalue weighted by Crippen LogP contribution is -2.61. The minimum absolute atomic E-state index is 0.115. The molecule has 132 valence electrons. The van der Waals surface area contributed by atoms with Crippen LogP contribution in [0.3, 0.4) is 0 Å². The van der Waals surface area contributed by atoms with Crippen molar-refractivity contribution in [3.05, 3.63) is 0 Å². The SMILES string of the molecule is CNC(=O)NC(=O)[C@@H](C)NCC1(N2CCOCC2)CCCCC1. The van der Waals surface area contributed by atoms with Gasteiger partial charge in [0.15, 0.2) is 0 Å². The highest BCUT2D eigenvalue weighted by molar-refractivity contribution is 5.96. The van der Waals surface area contributed by atoms with E-state index in [2.05, 4.69) is 20.9 Å². The molecule has 1 aliphatic carbocycles. The number of amides is 3. The van der Waals surface area contributed by atoms with Crippen LogP contribution in [-0.2, 0) is 9.53 Å². The number of hydrogen-bond acceptors (Lipinski definition) is 5. The van der Waals surface area contributed by atoms with Gasteiger partial charge in [-0.3, -0.25) is 15.0 Å². The van der Waals surface area contributed by atoms with Crippen LogP contribution in [0.15, 0.2) is 0 Å². The molecule has 1 heterocycles. The zero-order valence-corrected chi connectivity index (χ0v) is 14.3. The number of morpholine rings is 1. The minimum Gasteiger partial charge on any atom is -0.379 e. The maximum atomic E-state index is 12.0. The summed E-state index contributed by atoms with van der Waals surface area (Å²) in [4.78, 5) is 25.8. The summed E-state index contributed by atoms with van der Waals surface area (Å²) in [6, 6.07) is -0.864. The fourth-order valence-corrected chi connectivity index (χ4v) is 3.57. The lowest BCUT2D eigenvalue weighted by Gasteiger charge is -2.48. The first-order valence-electron chi connectivity index (χ1n) is 8.66. The normalized spacial score (nSPS) is 23.0. The molecular weight excluding hydrogens is 296 g/mol. The van der Waals surface area contributed by atoms with Gasteiger partial charge in [-0.1, -0.05) is 19.3 Å². The number of imide groups is 1. The van der Waals surface area contributed by atoms with Gasteiger partial charge in [-0.15, -0.1) is 0 Å². The van der Waals surface area contributed by atoms with Gasteiger partial charge >= 0.3 is 6.03 Å². The molecule has 7 nitrogen and oxygen atoms in total. The van der Waals surface area contributed by atoms with E-state index >= 15 is 0 Å². The Kier molecular flexibility index (Phi) is 6.80. The summed E-state index contributed by atoms with van der Waals surface area (Å²) in [5, 5.41) is 8.06. The van der Waals surface area contributed by atoms with E-state index < -0.39 is 12.1 Å². The Bertz CT molecular complexity index is 404. The molecule has 0 radical (unpaired) electrons. The molecule has 3 amide bonds. The van der Waals surface area contributed by atoms with E-state index in [-0.39, 0.29) is 11.4 Å². The molecule has 0 unspecified atom stereocenters. The van der Waals surface area contributed by atoms with Crippen LogP contribution in [-0.4, -0.2) is 68.3 Å². The van der Waals surface area contributed by atoms with Crippen LogP contribution < -0.4 is 16.0 Å². The number of rotatable bonds is 5. The van der Waals surface area contributed by atoms with Gasteiger partial charge in [-0.05, 0) is 19.8 Å². The summed E-state index contributed by atoms with van der Waals surface area (Å²) in [7, 11) is 1.50. The van der Waals surface area contributed by atoms with Gasteiger partial charge in [-0.2, -0.15) is 0 Å². The molecule has 0 spiro atoms. The van der Waals surface area contributed by atoms with Crippen molar-refractivity contribution in [2.75, 3.05) is 39.9 Å². The van der Waals surface area contributed by atoms with Crippen molar-refractivity contribution >= 4 is 11.9 Å². The third kappa shape index (κ3) is 4.89. The summed E-state index contributed by atoms with van der Waals surface area (Å²) in [6.07, 6.45) is 6.07. The Balaban J connectivity index is 1.92. The van der Waals surface area contributed by atoms with Crippen molar-refractivity contribution in [3.8, 4) is 0 Å². The third-order valence-electron chi connectivity index (χ3n) is 5.06. The van der Waals surface area contributed by atoms with E-state index in [1.54, 1.807) is 6.92 Å². The maximum Gasteiger partial charge on any atom is 0.321 e. The van der Waals surface area contributed by atoms with Gasteiger partial charge in [0.2, 0.25) is 5.91 Å². The highest BCUT2D eigenvalue weighted by atomic mass is 16.5. The van der Waals surface area contributed by atoms with Gasteiger partial charge in [0.05, 0.1) is 19.3 Å². The molecule has 2 aliphatic rings. The lowest BCUT2D eigenvalue weighted by atomic mass is 9.79. The average Bonchev–Trinajstić information content (AvgIpc) is 2.61. The van der Waals surface area contributed by atoms with Crippen molar-refractivity contribution in [1.29, 1.82) is 0 Å². The molecule has 0 aromatic rings. The van der Waals surface area contributed by atoms with Crippen molar-refractivity contribution < 1.29 is 14.3 Å². The average molecular weight is 326 g/mol. The van der Waals surface area contributed by atoms with Gasteiger partial charge < -0.3 is 15.4 Å². The number of nitrogens with zero attached hydrogens (tertiary/aromatic N) is 1. The zero-order chi connectivity index (χ0) is 16.7. The highest BCUT2D eigenvalue weighted by Crippen LogP contribution is 2.33. The first kappa shape index (κ1) is 18.2. The van der Waals surface area contributed by atoms with Crippen LogP contribution in [0.1, 0.15) is 39.0 Å². The van der Waals surface area contributed by atoms with E-state index in [0.29, 0.717) is 0 Å². The van der Waals surface area contributed by atoms with Crippen LogP contribution in [0, 0.1) is 0 Å². The van der Waals surface area contributed by atoms with Crippen molar-refractivity contribution in [2.45, 2.75) is 50.6 Å². The molecule has 23 heavy (non-hydrogen) atoms. The second kappa shape index (κ2) is 8.61. The molecule has 2 fully saturated rings. The number of ether oxygens (including phenoxy) is 1. The summed E-state index contributed by atoms with van der Waals surface area (Å²) in [5.74, 6) is -0.294. The second-order valence-electron chi connectivity index (χ2n) is 6.56. The largest absolute Gasteiger partial charge is 0.379 e. The van der Waals surface area contributed by atoms with Crippen LogP contribution in [0.4, 0.5) is 4.79 Å². The van der Waals surface area contributed by atoms with Crippen LogP contribution >= 0.6 is 0 Å². The van der Waals surface area contributed by atoms with Gasteiger partial charge in [0.25, 0.3) is 0 Å². The first-order valence-corrected chi connectivity index (χ1v) is 8.66. The van der Waals surface area contributed by atoms with Gasteiger partial charge in [0.1, 0.15) is 0 Å². The minimum atomic E-state index is -0.468. The second-order valence-corrected chi connectivity index (χ2v) is 6.56. The number of carbonyl (C=O) groups is 2. The first-order chi connectivity index (χ1) is 11.1. The topological polar surface area (TPSA) is 82.7 Å². The molecule has 0 bridgehead atoms. The standard InChI is InChI=1S/C16H30N4O3/c1-13(14(21)19-15(22)17-2)18-12-16(6-4-3-5-7-16)20-8-10-23-11-9-20/h13,18H,3-12H2,1-2H3,(H2,17,19,21,22)/t13-/m1/s1. The fraction of sp³-hybridized carbons (Fsp3) is 0.875. The van der Waals surface area contributed by atoms with Crippen molar-refractivity contribution in [1.82, 2.24) is 20.9 Å². The van der Waals surface area contributed by atoms with E-state index in [0.717, 1.165) is 45.7 Å². The molecule has 1 saturated carbocycles. The Morgan fingerprint density at radius 1 is 1.17 bits per heavy atom. The lowest BCUT2D eigenvalue weighted by molar-refractivity contribution is -0.122. The number of hydrogen-bond donors (Lipinski definition) is 3. The highest BCUT2D eigenvalue weighted by Gasteiger charge is 2.38. The molecular formula is C16H30N4O3. The molecule has 7 heteroatoms. The molecule has 1 aliphatic heterocycles. The molecule has 3 N–H and O–H groups in total. The molecule has 0 aromatic heterocycles. The monoisotopic (exact) mass is 326 g/mol. The third-order valence-corrected chi connectivity index (χ3v) is 5.06. The summed E-state index contributed by atoms with van der Waals surface area (Å²) in [5.41, 5.74) is 0.115. The summed E-state index contributed by atoms with van der Waals surface area (Å²) in [6.45, 7) is 6.06. The molecule has 2 rings (SSSR count). The quantitative estimate of drug-likeness (QED) is 0.683. The predicted molar refractivity (Wildman–Crippen MR) is 88.3 cm³/mol. The van der Waals surface area contributed by atoms with Crippen LogP contribution in [0.2, 0.25) is 0 Å². The Hall–Kier alpha value is -1.18. The smallest absolute Gasteiger partial charge is 0.321 e. The van der Waals surface area contributed by atoms with Gasteiger partial charge in [-0.25, -0.2) is 4.79 Å². The van der Waals surface area contributed by atoms with E-state index in [4.69, 9.17) is 4.74 Å². The van der Waals surface area contributed by atoms with Crippen LogP contribution in [0.25, 0.3) is 0 Å². The van der Waals surface area contributed by atoms with Crippen molar-refractivity contribution in [2.24, 2.45) is 0 Å². The number of nitrogens with one attached hydrogen (secondary N) is 3. The van der Waals surface area contributed by atoms with Crippen molar-refractivity contribution in [3.63, 3.8) is 0 Å². The molecule has 0 aromatic carbocycles. The fourth-order valence-electron chi connectivity index (χ4n) is 3.57. The Morgan fingerprint density at radius 2 is 1.83 bits per heavy atom. The van der Waals surface area contributed by atoms with Crippen LogP contribution in [0.5, 0.6) is 0 Å². The number of carbonyl (C=O) groups excluding carboxylic acids is 2. The molecule has 1 atom stereocenters. The summed E-state index contributed by atoms with van der Waals surface area (Å²) < 4.78 is 5.48. The van der Waals surface area contributed by atoms with E-state index in [1.807, 2.05) is 0 Å². The Labute approximate surface area is 138 Å². The van der Waals surface area contributed by atoms with Gasteiger partial charge in [0, 0.05) is 32.2 Å². The molecule has 1 saturated heterocycles. The zero-order valence-electron chi connectivity index (χ0n) is 14.3.